The van der Waals surface area contributed by atoms with Gasteiger partial charge >= 0.3 is 0 Å². The van der Waals surface area contributed by atoms with E-state index in [0.717, 1.165) is 13.0 Å². The molecule has 0 aliphatic heterocycles. The zero-order valence-corrected chi connectivity index (χ0v) is 15.1. The number of hydrogen-bond acceptors (Lipinski definition) is 4. The van der Waals surface area contributed by atoms with E-state index >= 15 is 0 Å². The molecule has 23 heavy (non-hydrogen) atoms. The lowest BCUT2D eigenvalue weighted by Gasteiger charge is -2.11. The van der Waals surface area contributed by atoms with Gasteiger partial charge in [0.2, 0.25) is 10.0 Å². The molecule has 1 rings (SSSR count). The van der Waals surface area contributed by atoms with Crippen LogP contribution in [-0.4, -0.2) is 53.0 Å². The van der Waals surface area contributed by atoms with Crippen molar-refractivity contribution in [1.29, 1.82) is 0 Å². The molecular weight excluding hydrogens is 314 g/mol. The largest absolute Gasteiger partial charge is 0.352 e. The molecule has 0 saturated heterocycles. The van der Waals surface area contributed by atoms with E-state index < -0.39 is 10.0 Å². The Morgan fingerprint density at radius 3 is 2.30 bits per heavy atom. The predicted molar refractivity (Wildman–Crippen MR) is 92.0 cm³/mol. The second-order valence-electron chi connectivity index (χ2n) is 6.18. The molecule has 0 spiro atoms. The highest BCUT2D eigenvalue weighted by molar-refractivity contribution is 7.89. The van der Waals surface area contributed by atoms with Gasteiger partial charge in [-0.05, 0) is 57.2 Å². The van der Waals surface area contributed by atoms with Crippen molar-refractivity contribution in [2.24, 2.45) is 5.92 Å². The van der Waals surface area contributed by atoms with E-state index in [1.54, 1.807) is 0 Å². The first-order valence-corrected chi connectivity index (χ1v) is 9.23. The molecule has 0 aliphatic rings. The van der Waals surface area contributed by atoms with Crippen LogP contribution < -0.4 is 10.0 Å². The van der Waals surface area contributed by atoms with Crippen LogP contribution in [0.25, 0.3) is 0 Å². The first-order chi connectivity index (χ1) is 10.7. The number of carbonyl (C=O) groups excluding carboxylic acids is 1. The molecule has 0 radical (unpaired) electrons. The summed E-state index contributed by atoms with van der Waals surface area (Å²) < 4.78 is 26.7. The van der Waals surface area contributed by atoms with Crippen LogP contribution in [-0.2, 0) is 10.0 Å². The lowest BCUT2D eigenvalue weighted by atomic mass is 10.2. The van der Waals surface area contributed by atoms with Crippen LogP contribution in [0.4, 0.5) is 0 Å². The van der Waals surface area contributed by atoms with Crippen molar-refractivity contribution in [2.75, 3.05) is 33.7 Å². The summed E-state index contributed by atoms with van der Waals surface area (Å²) in [4.78, 5) is 14.2. The van der Waals surface area contributed by atoms with Gasteiger partial charge in [-0.2, -0.15) is 0 Å². The third kappa shape index (κ3) is 7.11. The third-order valence-electron chi connectivity index (χ3n) is 3.18. The second-order valence-corrected chi connectivity index (χ2v) is 7.95. The molecule has 0 saturated carbocycles. The zero-order chi connectivity index (χ0) is 17.5. The van der Waals surface area contributed by atoms with Gasteiger partial charge < -0.3 is 10.2 Å². The van der Waals surface area contributed by atoms with E-state index in [1.165, 1.54) is 24.3 Å². The maximum atomic E-state index is 12.1. The van der Waals surface area contributed by atoms with Gasteiger partial charge in [0.15, 0.2) is 0 Å². The standard InChI is InChI=1S/C16H27N3O3S/c1-13(2)12-18-23(21,22)15-8-6-14(7-9-15)16(20)17-10-5-11-19(3)4/h6-9,13,18H,5,10-12H2,1-4H3,(H,17,20). The van der Waals surface area contributed by atoms with Gasteiger partial charge in [-0.15, -0.1) is 0 Å². The fourth-order valence-corrected chi connectivity index (χ4v) is 3.06. The fourth-order valence-electron chi connectivity index (χ4n) is 1.84. The van der Waals surface area contributed by atoms with Gasteiger partial charge in [-0.1, -0.05) is 13.8 Å². The fraction of sp³-hybridized carbons (Fsp3) is 0.562. The van der Waals surface area contributed by atoms with Gasteiger partial charge in [0.05, 0.1) is 4.90 Å². The first kappa shape index (κ1) is 19.6. The highest BCUT2D eigenvalue weighted by atomic mass is 32.2. The predicted octanol–water partition coefficient (Wildman–Crippen LogP) is 1.30. The number of rotatable bonds is 9. The van der Waals surface area contributed by atoms with Crippen molar-refractivity contribution in [1.82, 2.24) is 14.9 Å². The monoisotopic (exact) mass is 341 g/mol. The van der Waals surface area contributed by atoms with Crippen molar-refractivity contribution in [2.45, 2.75) is 25.2 Å². The number of hydrogen-bond donors (Lipinski definition) is 2. The Morgan fingerprint density at radius 2 is 1.78 bits per heavy atom. The summed E-state index contributed by atoms with van der Waals surface area (Å²) in [5.41, 5.74) is 0.456. The van der Waals surface area contributed by atoms with Crippen molar-refractivity contribution in [3.8, 4) is 0 Å². The quantitative estimate of drug-likeness (QED) is 0.664. The van der Waals surface area contributed by atoms with Crippen molar-refractivity contribution < 1.29 is 13.2 Å². The Kier molecular flexibility index (Phi) is 7.67. The number of amides is 1. The molecule has 2 N–H and O–H groups in total. The van der Waals surface area contributed by atoms with Crippen LogP contribution in [0.3, 0.4) is 0 Å². The molecule has 0 aliphatic carbocycles. The Morgan fingerprint density at radius 1 is 1.17 bits per heavy atom. The third-order valence-corrected chi connectivity index (χ3v) is 4.62. The van der Waals surface area contributed by atoms with Crippen LogP contribution in [0.2, 0.25) is 0 Å². The summed E-state index contributed by atoms with van der Waals surface area (Å²) in [5.74, 6) is 0.0415. The SMILES string of the molecule is CC(C)CNS(=O)(=O)c1ccc(C(=O)NCCCN(C)C)cc1. The van der Waals surface area contributed by atoms with Crippen molar-refractivity contribution >= 4 is 15.9 Å². The van der Waals surface area contributed by atoms with Gasteiger partial charge in [0, 0.05) is 18.7 Å². The van der Waals surface area contributed by atoms with E-state index in [1.807, 2.05) is 27.9 Å². The molecule has 1 aromatic carbocycles. The zero-order valence-electron chi connectivity index (χ0n) is 14.3. The topological polar surface area (TPSA) is 78.5 Å². The summed E-state index contributed by atoms with van der Waals surface area (Å²) in [7, 11) is 0.445. The van der Waals surface area contributed by atoms with Gasteiger partial charge in [0.1, 0.15) is 0 Å². The molecular formula is C16H27N3O3S. The van der Waals surface area contributed by atoms with Crippen LogP contribution in [0.15, 0.2) is 29.2 Å². The van der Waals surface area contributed by atoms with E-state index in [-0.39, 0.29) is 16.7 Å². The van der Waals surface area contributed by atoms with Crippen LogP contribution in [0, 0.1) is 5.92 Å². The Bertz CT molecular complexity index is 596. The van der Waals surface area contributed by atoms with E-state index in [4.69, 9.17) is 0 Å². The summed E-state index contributed by atoms with van der Waals surface area (Å²) in [6.45, 7) is 5.75. The molecule has 1 amide bonds. The first-order valence-electron chi connectivity index (χ1n) is 7.75. The van der Waals surface area contributed by atoms with E-state index in [2.05, 4.69) is 14.9 Å². The average Bonchev–Trinajstić information content (AvgIpc) is 2.49. The summed E-state index contributed by atoms with van der Waals surface area (Å²) >= 11 is 0. The highest BCUT2D eigenvalue weighted by Gasteiger charge is 2.15. The Labute approximate surface area is 139 Å². The number of sulfonamides is 1. The molecule has 0 fully saturated rings. The number of carbonyl (C=O) groups is 1. The Balaban J connectivity index is 2.60. The van der Waals surface area contributed by atoms with Gasteiger partial charge in [0.25, 0.3) is 5.91 Å². The maximum Gasteiger partial charge on any atom is 0.251 e. The smallest absolute Gasteiger partial charge is 0.251 e. The molecule has 0 bridgehead atoms. The van der Waals surface area contributed by atoms with Gasteiger partial charge in [-0.25, -0.2) is 13.1 Å². The molecule has 0 atom stereocenters. The lowest BCUT2D eigenvalue weighted by molar-refractivity contribution is 0.0952. The molecule has 1 aromatic rings. The van der Waals surface area contributed by atoms with Crippen LogP contribution >= 0.6 is 0 Å². The molecule has 0 unspecified atom stereocenters. The minimum atomic E-state index is -3.52. The highest BCUT2D eigenvalue weighted by Crippen LogP contribution is 2.11. The van der Waals surface area contributed by atoms with Crippen molar-refractivity contribution in [3.63, 3.8) is 0 Å². The minimum absolute atomic E-state index is 0.169. The average molecular weight is 341 g/mol. The summed E-state index contributed by atoms with van der Waals surface area (Å²) in [5, 5.41) is 2.82. The number of nitrogens with one attached hydrogen (secondary N) is 2. The molecule has 7 heteroatoms. The summed E-state index contributed by atoms with van der Waals surface area (Å²) in [6, 6.07) is 5.98. The number of benzene rings is 1. The summed E-state index contributed by atoms with van der Waals surface area (Å²) in [6.07, 6.45) is 0.865. The molecule has 0 heterocycles. The molecule has 130 valence electrons. The van der Waals surface area contributed by atoms with Crippen molar-refractivity contribution in [3.05, 3.63) is 29.8 Å². The second kappa shape index (κ2) is 9.00. The Hall–Kier alpha value is -1.44. The molecule has 6 nitrogen and oxygen atoms in total. The minimum Gasteiger partial charge on any atom is -0.352 e. The lowest BCUT2D eigenvalue weighted by Crippen LogP contribution is -2.28. The molecule has 0 aromatic heterocycles. The van der Waals surface area contributed by atoms with Crippen LogP contribution in [0.5, 0.6) is 0 Å². The van der Waals surface area contributed by atoms with E-state index in [0.29, 0.717) is 18.7 Å². The normalized spacial score (nSPS) is 11.9. The van der Waals surface area contributed by atoms with Crippen LogP contribution in [0.1, 0.15) is 30.6 Å². The number of nitrogens with zero attached hydrogens (tertiary/aromatic N) is 1. The van der Waals surface area contributed by atoms with E-state index in [9.17, 15) is 13.2 Å². The maximum absolute atomic E-state index is 12.1. The van der Waals surface area contributed by atoms with Gasteiger partial charge in [-0.3, -0.25) is 4.79 Å².